The Kier molecular flexibility index (Phi) is 21.7. The molecule has 0 atom stereocenters. The second-order valence-corrected chi connectivity index (χ2v) is 16.6. The fourth-order valence-corrected chi connectivity index (χ4v) is 7.52. The van der Waals surface area contributed by atoms with Crippen molar-refractivity contribution in [2.75, 3.05) is 0 Å². The van der Waals surface area contributed by atoms with Crippen LogP contribution in [0.25, 0.3) is 0 Å². The third-order valence-electron chi connectivity index (χ3n) is 11.3. The van der Waals surface area contributed by atoms with E-state index < -0.39 is 33.7 Å². The number of nitro benzene ring substituents is 1. The van der Waals surface area contributed by atoms with Crippen LogP contribution in [-0.2, 0) is 12.8 Å². The van der Waals surface area contributed by atoms with Crippen molar-refractivity contribution >= 4 is 40.4 Å². The van der Waals surface area contributed by atoms with E-state index in [1.165, 1.54) is 169 Å². The van der Waals surface area contributed by atoms with Crippen LogP contribution >= 0.6 is 0 Å². The summed E-state index contributed by atoms with van der Waals surface area (Å²) in [6, 6.07) is 32.5. The third kappa shape index (κ3) is 18.0. The van der Waals surface area contributed by atoms with E-state index >= 15 is 0 Å². The first-order valence-electron chi connectivity index (χ1n) is 23.8. The van der Waals surface area contributed by atoms with Gasteiger partial charge in [-0.3, -0.25) is 10.1 Å². The lowest BCUT2D eigenvalue weighted by molar-refractivity contribution is -0.385. The van der Waals surface area contributed by atoms with Gasteiger partial charge in [-0.15, -0.1) is 0 Å². The molecule has 5 aromatic carbocycles. The van der Waals surface area contributed by atoms with Crippen molar-refractivity contribution < 1.29 is 24.0 Å². The highest BCUT2D eigenvalue weighted by atomic mass is 16.6. The molecule has 0 N–H and O–H groups in total. The number of nitro groups is 1. The van der Waals surface area contributed by atoms with Crippen molar-refractivity contribution in [1.29, 1.82) is 0 Å². The van der Waals surface area contributed by atoms with Gasteiger partial charge < -0.3 is 9.47 Å². The molecule has 0 aliphatic rings. The molecule has 0 saturated heterocycles. The third-order valence-corrected chi connectivity index (χ3v) is 11.3. The van der Waals surface area contributed by atoms with Crippen LogP contribution in [0.15, 0.2) is 136 Å². The van der Waals surface area contributed by atoms with Crippen LogP contribution in [0.1, 0.15) is 161 Å². The van der Waals surface area contributed by atoms with Gasteiger partial charge in [0.2, 0.25) is 0 Å². The zero-order chi connectivity index (χ0) is 45.9. The number of nitrogens with zero attached hydrogens (tertiary/aromatic N) is 5. The van der Waals surface area contributed by atoms with Crippen LogP contribution in [0, 0.1) is 10.1 Å². The number of carbonyl (C=O) groups excluding carboxylic acids is 2. The Labute approximate surface area is 385 Å². The quantitative estimate of drug-likeness (QED) is 0.0117. The molecule has 11 nitrogen and oxygen atoms in total. The molecule has 0 aromatic heterocycles. The van der Waals surface area contributed by atoms with Crippen LogP contribution < -0.4 is 9.47 Å². The lowest BCUT2D eigenvalue weighted by Gasteiger charge is -2.09. The summed E-state index contributed by atoms with van der Waals surface area (Å²) in [5.74, 6) is -1.75. The Bertz CT molecular complexity index is 2100. The summed E-state index contributed by atoms with van der Waals surface area (Å²) in [5.41, 5.74) is 3.52. The Morgan fingerprint density at radius 1 is 0.431 bits per heavy atom. The van der Waals surface area contributed by atoms with Gasteiger partial charge in [0.1, 0.15) is 22.6 Å². The molecule has 0 aliphatic heterocycles. The molecule has 0 heterocycles. The summed E-state index contributed by atoms with van der Waals surface area (Å²) in [6.45, 7) is 4.50. The van der Waals surface area contributed by atoms with Gasteiger partial charge in [-0.25, -0.2) is 9.59 Å². The maximum atomic E-state index is 13.2. The number of hydrogen-bond donors (Lipinski definition) is 0. The summed E-state index contributed by atoms with van der Waals surface area (Å²) in [4.78, 5) is 37.9. The normalized spacial score (nSPS) is 11.4. The highest BCUT2D eigenvalue weighted by molar-refractivity contribution is 6.03. The minimum absolute atomic E-state index is 0.135. The second-order valence-electron chi connectivity index (χ2n) is 16.6. The molecule has 0 unspecified atom stereocenters. The molecule has 0 radical (unpaired) electrons. The van der Waals surface area contributed by atoms with Gasteiger partial charge in [-0.05, 0) is 122 Å². The van der Waals surface area contributed by atoms with E-state index in [-0.39, 0.29) is 11.5 Å². The van der Waals surface area contributed by atoms with Crippen LogP contribution in [0.4, 0.5) is 28.4 Å². The molecule has 0 fully saturated rings. The molecular formula is C54H65N5O6. The van der Waals surface area contributed by atoms with Crippen LogP contribution in [0.5, 0.6) is 11.5 Å². The Balaban J connectivity index is 1.07. The lowest BCUT2D eigenvalue weighted by Crippen LogP contribution is -2.16. The average molecular weight is 880 g/mol. The van der Waals surface area contributed by atoms with Crippen LogP contribution in [0.2, 0.25) is 0 Å². The molecule has 0 aliphatic carbocycles. The average Bonchev–Trinajstić information content (AvgIpc) is 3.33. The summed E-state index contributed by atoms with van der Waals surface area (Å²) in [6.07, 6.45) is 25.6. The number of azo groups is 2. The van der Waals surface area contributed by atoms with Crippen molar-refractivity contribution in [2.24, 2.45) is 20.5 Å². The zero-order valence-electron chi connectivity index (χ0n) is 38.3. The van der Waals surface area contributed by atoms with Gasteiger partial charge in [-0.2, -0.15) is 20.5 Å². The van der Waals surface area contributed by atoms with E-state index in [9.17, 15) is 19.7 Å². The van der Waals surface area contributed by atoms with E-state index in [0.717, 1.165) is 24.2 Å². The van der Waals surface area contributed by atoms with E-state index in [1.54, 1.807) is 24.3 Å². The number of para-hydroxylation sites is 1. The number of aryl methyl sites for hydroxylation is 2. The van der Waals surface area contributed by atoms with E-state index in [0.29, 0.717) is 11.4 Å². The van der Waals surface area contributed by atoms with Crippen molar-refractivity contribution in [1.82, 2.24) is 0 Å². The predicted octanol–water partition coefficient (Wildman–Crippen LogP) is 17.0. The number of rotatable bonds is 29. The number of esters is 2. The zero-order valence-corrected chi connectivity index (χ0v) is 38.3. The molecule has 0 bridgehead atoms. The van der Waals surface area contributed by atoms with Gasteiger partial charge in [0.15, 0.2) is 0 Å². The summed E-state index contributed by atoms with van der Waals surface area (Å²) < 4.78 is 10.9. The fraction of sp³-hybridized carbons (Fsp3) is 0.407. The largest absolute Gasteiger partial charge is 0.423 e. The van der Waals surface area contributed by atoms with E-state index in [2.05, 4.69) is 58.6 Å². The van der Waals surface area contributed by atoms with Gasteiger partial charge in [-0.1, -0.05) is 147 Å². The molecule has 0 spiro atoms. The van der Waals surface area contributed by atoms with Gasteiger partial charge in [0, 0.05) is 0 Å². The van der Waals surface area contributed by atoms with Crippen molar-refractivity contribution in [3.63, 3.8) is 0 Å². The Hall–Kier alpha value is -6.36. The maximum absolute atomic E-state index is 13.2. The lowest BCUT2D eigenvalue weighted by atomic mass is 10.0. The highest BCUT2D eigenvalue weighted by Crippen LogP contribution is 2.29. The molecule has 0 saturated carbocycles. The number of ether oxygens (including phenoxy) is 2. The van der Waals surface area contributed by atoms with Gasteiger partial charge in [0.05, 0.1) is 27.7 Å². The van der Waals surface area contributed by atoms with Crippen molar-refractivity contribution in [3.8, 4) is 11.5 Å². The van der Waals surface area contributed by atoms with Gasteiger partial charge in [0.25, 0.3) is 5.69 Å². The van der Waals surface area contributed by atoms with Crippen molar-refractivity contribution in [2.45, 2.75) is 142 Å². The first-order chi connectivity index (χ1) is 31.8. The number of hydrogen-bond acceptors (Lipinski definition) is 10. The van der Waals surface area contributed by atoms with Crippen LogP contribution in [0.3, 0.4) is 0 Å². The smallest absolute Gasteiger partial charge is 0.350 e. The minimum Gasteiger partial charge on any atom is -0.423 e. The molecule has 5 rings (SSSR count). The Morgan fingerprint density at radius 3 is 1.03 bits per heavy atom. The summed E-state index contributed by atoms with van der Waals surface area (Å²) >= 11 is 0. The SMILES string of the molecule is CCCCCCCCCCCc1ccc(N=Nc2ccc(OC(=O)c3cccc(C(=O)Oc4ccc(N=Nc5ccc(CCCCCCCCCCC)cc5)cc4)c3[N+](=O)[O-])cc2)cc1. The van der Waals surface area contributed by atoms with E-state index in [1.807, 2.05) is 24.3 Å². The molecule has 342 valence electrons. The predicted molar refractivity (Wildman–Crippen MR) is 259 cm³/mol. The topological polar surface area (TPSA) is 145 Å². The van der Waals surface area contributed by atoms with Crippen molar-refractivity contribution in [3.05, 3.63) is 148 Å². The number of unbranched alkanes of at least 4 members (excludes halogenated alkanes) is 16. The first-order valence-corrected chi connectivity index (χ1v) is 23.8. The standard InChI is InChI=1S/C54H65N5O6/c1-3-5-7-9-11-13-15-17-19-22-42-26-30-44(31-27-42)55-57-46-34-38-48(39-35-46)64-53(60)50-24-21-25-51(52(50)59(62)63)54(61)65-49-40-36-47(37-41-49)58-56-45-32-28-43(29-33-45)23-20-18-16-14-12-10-8-6-4-2/h21,24-41H,3-20,22-23H2,1-2H3. The Morgan fingerprint density at radius 2 is 0.723 bits per heavy atom. The monoisotopic (exact) mass is 879 g/mol. The summed E-state index contributed by atoms with van der Waals surface area (Å²) in [5, 5.41) is 29.5. The maximum Gasteiger partial charge on any atom is 0.350 e. The number of benzene rings is 5. The summed E-state index contributed by atoms with van der Waals surface area (Å²) in [7, 11) is 0. The van der Waals surface area contributed by atoms with E-state index in [4.69, 9.17) is 9.47 Å². The molecule has 5 aromatic rings. The molecular weight excluding hydrogens is 815 g/mol. The molecule has 11 heteroatoms. The second kappa shape index (κ2) is 28.4. The number of carbonyl (C=O) groups is 2. The first kappa shape index (κ1) is 49.7. The molecule has 65 heavy (non-hydrogen) atoms. The fourth-order valence-electron chi connectivity index (χ4n) is 7.52. The minimum atomic E-state index is -1.01. The van der Waals surface area contributed by atoms with Gasteiger partial charge >= 0.3 is 11.9 Å². The molecule has 0 amide bonds. The highest BCUT2D eigenvalue weighted by Gasteiger charge is 2.30. The van der Waals surface area contributed by atoms with Crippen LogP contribution in [-0.4, -0.2) is 16.9 Å².